The number of carboxylic acids is 1. The van der Waals surface area contributed by atoms with Gasteiger partial charge in [0, 0.05) is 23.8 Å². The molecular weight excluding hydrogens is 278 g/mol. The van der Waals surface area contributed by atoms with Crippen LogP contribution in [-0.2, 0) is 9.59 Å². The van der Waals surface area contributed by atoms with Crippen LogP contribution >= 0.6 is 0 Å². The number of aliphatic carboxylic acids is 1. The van der Waals surface area contributed by atoms with Crippen molar-refractivity contribution < 1.29 is 14.7 Å². The summed E-state index contributed by atoms with van der Waals surface area (Å²) < 4.78 is 0. The first-order valence-corrected chi connectivity index (χ1v) is 8.78. The highest BCUT2D eigenvalue weighted by Crippen LogP contribution is 2.52. The predicted octanol–water partition coefficient (Wildman–Crippen LogP) is 1.73. The third-order valence-electron chi connectivity index (χ3n) is 6.22. The number of hydrogen-bond donors (Lipinski definition) is 1. The molecule has 3 fully saturated rings. The minimum absolute atomic E-state index is 0.0312. The normalized spacial score (nSPS) is 43.0. The minimum Gasteiger partial charge on any atom is -0.550 e. The number of carbonyl (C=O) groups is 2. The van der Waals surface area contributed by atoms with Crippen molar-refractivity contribution >= 4 is 11.9 Å². The third kappa shape index (κ3) is 2.89. The van der Waals surface area contributed by atoms with Crippen molar-refractivity contribution in [3.8, 4) is 0 Å². The summed E-state index contributed by atoms with van der Waals surface area (Å²) in [7, 11) is 0. The van der Waals surface area contributed by atoms with Crippen molar-refractivity contribution in [3.05, 3.63) is 0 Å². The number of carbonyl (C=O) groups excluding carboxylic acids is 2. The molecule has 124 valence electrons. The van der Waals surface area contributed by atoms with Gasteiger partial charge in [-0.25, -0.2) is 0 Å². The lowest BCUT2D eigenvalue weighted by Crippen LogP contribution is -2.50. The zero-order valence-corrected chi connectivity index (χ0v) is 13.9. The smallest absolute Gasteiger partial charge is 0.224 e. The Kier molecular flexibility index (Phi) is 3.98. The van der Waals surface area contributed by atoms with Crippen LogP contribution in [0.15, 0.2) is 0 Å². The quantitative estimate of drug-likeness (QED) is 0.863. The van der Waals surface area contributed by atoms with Crippen LogP contribution in [0.25, 0.3) is 0 Å². The second-order valence-electron chi connectivity index (χ2n) is 8.82. The molecule has 1 amide bonds. The maximum absolute atomic E-state index is 12.7. The van der Waals surface area contributed by atoms with Crippen LogP contribution in [0.2, 0.25) is 0 Å². The Morgan fingerprint density at radius 1 is 1.05 bits per heavy atom. The molecule has 0 aromatic rings. The second-order valence-corrected chi connectivity index (χ2v) is 8.82. The Hall–Kier alpha value is -1.06. The first-order chi connectivity index (χ1) is 10.3. The highest BCUT2D eigenvalue weighted by atomic mass is 16.4. The van der Waals surface area contributed by atoms with E-state index in [0.717, 1.165) is 32.1 Å². The lowest BCUT2D eigenvalue weighted by atomic mass is 9.70. The molecule has 0 spiro atoms. The van der Waals surface area contributed by atoms with Crippen molar-refractivity contribution in [3.63, 3.8) is 0 Å². The van der Waals surface area contributed by atoms with Crippen LogP contribution < -0.4 is 10.4 Å². The summed E-state index contributed by atoms with van der Waals surface area (Å²) in [6.45, 7) is 6.74. The minimum atomic E-state index is -1.02. The van der Waals surface area contributed by atoms with Crippen molar-refractivity contribution in [2.45, 2.75) is 65.3 Å². The van der Waals surface area contributed by atoms with Gasteiger partial charge in [0.1, 0.15) is 0 Å². The van der Waals surface area contributed by atoms with Gasteiger partial charge in [0.05, 0.1) is 0 Å². The van der Waals surface area contributed by atoms with Crippen LogP contribution in [-0.4, -0.2) is 17.9 Å². The summed E-state index contributed by atoms with van der Waals surface area (Å²) in [4.78, 5) is 24.2. The molecule has 0 saturated heterocycles. The van der Waals surface area contributed by atoms with E-state index in [0.29, 0.717) is 5.92 Å². The van der Waals surface area contributed by atoms with E-state index in [1.807, 2.05) is 0 Å². The lowest BCUT2D eigenvalue weighted by Gasteiger charge is -2.40. The zero-order valence-electron chi connectivity index (χ0n) is 13.9. The Morgan fingerprint density at radius 3 is 2.27 bits per heavy atom. The van der Waals surface area contributed by atoms with Gasteiger partial charge in [0.25, 0.3) is 0 Å². The highest BCUT2D eigenvalue weighted by molar-refractivity contribution is 5.85. The summed E-state index contributed by atoms with van der Waals surface area (Å²) in [6.07, 6.45) is 6.02. The van der Waals surface area contributed by atoms with Crippen LogP contribution in [0.3, 0.4) is 0 Å². The summed E-state index contributed by atoms with van der Waals surface area (Å²) >= 11 is 0. The van der Waals surface area contributed by atoms with E-state index in [2.05, 4.69) is 26.1 Å². The topological polar surface area (TPSA) is 69.2 Å². The molecule has 22 heavy (non-hydrogen) atoms. The van der Waals surface area contributed by atoms with Crippen molar-refractivity contribution in [2.24, 2.45) is 35.0 Å². The Bertz CT molecular complexity index is 473. The lowest BCUT2D eigenvalue weighted by molar-refractivity contribution is -0.314. The summed E-state index contributed by atoms with van der Waals surface area (Å²) in [5.41, 5.74) is 0.248. The number of carboxylic acid groups (broad SMARTS) is 1. The fourth-order valence-electron chi connectivity index (χ4n) is 5.76. The number of nitrogens with one attached hydrogen (secondary N) is 1. The molecule has 0 aliphatic heterocycles. The van der Waals surface area contributed by atoms with E-state index < -0.39 is 11.9 Å². The zero-order chi connectivity index (χ0) is 16.1. The number of rotatable bonds is 3. The van der Waals surface area contributed by atoms with E-state index in [1.54, 1.807) is 0 Å². The van der Waals surface area contributed by atoms with Gasteiger partial charge < -0.3 is 15.2 Å². The van der Waals surface area contributed by atoms with Gasteiger partial charge in [-0.05, 0) is 61.7 Å². The van der Waals surface area contributed by atoms with Crippen LogP contribution in [0.1, 0.15) is 59.3 Å². The fraction of sp³-hybridized carbons (Fsp3) is 0.889. The highest BCUT2D eigenvalue weighted by Gasteiger charge is 2.51. The van der Waals surface area contributed by atoms with Crippen molar-refractivity contribution in [1.29, 1.82) is 0 Å². The maximum Gasteiger partial charge on any atom is 0.224 e. The van der Waals surface area contributed by atoms with Crippen molar-refractivity contribution in [2.75, 3.05) is 0 Å². The van der Waals surface area contributed by atoms with Gasteiger partial charge in [-0.3, -0.25) is 4.79 Å². The predicted molar refractivity (Wildman–Crippen MR) is 81.5 cm³/mol. The first-order valence-electron chi connectivity index (χ1n) is 8.78. The second kappa shape index (κ2) is 5.54. The first kappa shape index (κ1) is 15.8. The maximum atomic E-state index is 12.7. The molecule has 4 heteroatoms. The standard InChI is InChI=1S/C18H29NO3/c1-10-6-13(9-18(2,3)8-10)19-16(20)14-11-4-5-12(7-11)15(14)17(21)22/h10-15H,4-9H2,1-3H3,(H,19,20)(H,21,22)/p-1/t10-,11-,12-,13-,14+,15-/m0/s1. The molecular formula is C18H28NO3-. The SMILES string of the molecule is C[C@H]1C[C@H](NC(=O)[C@@H]2[C@H]3CC[C@@H](C3)[C@@H]2C(=O)[O-])CC(C)(C)C1. The number of fused-ring (bicyclic) bond motifs is 2. The van der Waals surface area contributed by atoms with Gasteiger partial charge in [0.2, 0.25) is 5.91 Å². The molecule has 1 N–H and O–H groups in total. The molecule has 0 aromatic heterocycles. The molecule has 0 unspecified atom stereocenters. The molecule has 2 bridgehead atoms. The van der Waals surface area contributed by atoms with Crippen LogP contribution in [0.4, 0.5) is 0 Å². The average Bonchev–Trinajstić information content (AvgIpc) is 2.95. The molecule has 3 saturated carbocycles. The molecule has 0 aromatic carbocycles. The molecule has 4 nitrogen and oxygen atoms in total. The molecule has 0 heterocycles. The molecule has 3 rings (SSSR count). The summed E-state index contributed by atoms with van der Waals surface area (Å²) in [5.74, 6) is -0.960. The van der Waals surface area contributed by atoms with Crippen LogP contribution in [0.5, 0.6) is 0 Å². The summed E-state index contributed by atoms with van der Waals surface area (Å²) in [6, 6.07) is 0.188. The molecule has 6 atom stereocenters. The Balaban J connectivity index is 1.68. The third-order valence-corrected chi connectivity index (χ3v) is 6.22. The number of hydrogen-bond acceptors (Lipinski definition) is 3. The van der Waals surface area contributed by atoms with Gasteiger partial charge in [-0.15, -0.1) is 0 Å². The summed E-state index contributed by atoms with van der Waals surface area (Å²) in [5, 5.41) is 14.6. The monoisotopic (exact) mass is 306 g/mol. The van der Waals surface area contributed by atoms with Gasteiger partial charge >= 0.3 is 0 Å². The largest absolute Gasteiger partial charge is 0.550 e. The average molecular weight is 306 g/mol. The van der Waals surface area contributed by atoms with E-state index in [4.69, 9.17) is 0 Å². The van der Waals surface area contributed by atoms with Crippen molar-refractivity contribution in [1.82, 2.24) is 5.32 Å². The molecule has 3 aliphatic rings. The van der Waals surface area contributed by atoms with Gasteiger partial charge in [0.15, 0.2) is 0 Å². The van der Waals surface area contributed by atoms with Gasteiger partial charge in [-0.1, -0.05) is 20.8 Å². The Labute approximate surface area is 133 Å². The van der Waals surface area contributed by atoms with E-state index >= 15 is 0 Å². The van der Waals surface area contributed by atoms with Gasteiger partial charge in [-0.2, -0.15) is 0 Å². The van der Waals surface area contributed by atoms with Crippen LogP contribution in [0, 0.1) is 35.0 Å². The molecule has 3 aliphatic carbocycles. The van der Waals surface area contributed by atoms with E-state index in [1.165, 1.54) is 6.42 Å². The van der Waals surface area contributed by atoms with E-state index in [-0.39, 0.29) is 35.1 Å². The number of amides is 1. The molecule has 0 radical (unpaired) electrons. The fourth-order valence-corrected chi connectivity index (χ4v) is 5.76. The van der Waals surface area contributed by atoms with E-state index in [9.17, 15) is 14.7 Å². The Morgan fingerprint density at radius 2 is 1.68 bits per heavy atom.